The third-order valence-electron chi connectivity index (χ3n) is 5.81. The number of ether oxygens (including phenoxy) is 2. The number of nitrogens with two attached hydrogens (primary N) is 1. The van der Waals surface area contributed by atoms with Crippen molar-refractivity contribution in [3.05, 3.63) is 71.3 Å². The maximum absolute atomic E-state index is 13.1. The Bertz CT molecular complexity index is 1120. The number of aromatic nitrogens is 2. The number of hydrogen-bond acceptors (Lipinski definition) is 5. The molecule has 0 spiro atoms. The first-order valence-electron chi connectivity index (χ1n) is 11.3. The van der Waals surface area contributed by atoms with Crippen molar-refractivity contribution in [2.75, 3.05) is 45.8 Å². The van der Waals surface area contributed by atoms with E-state index in [1.807, 2.05) is 30.3 Å². The minimum absolute atomic E-state index is 0.307. The molecule has 35 heavy (non-hydrogen) atoms. The van der Waals surface area contributed by atoms with Crippen LogP contribution >= 0.6 is 0 Å². The van der Waals surface area contributed by atoms with Gasteiger partial charge in [-0.05, 0) is 55.6 Å². The first-order valence-corrected chi connectivity index (χ1v) is 11.3. The zero-order chi connectivity index (χ0) is 25.4. The summed E-state index contributed by atoms with van der Waals surface area (Å²) in [6, 6.07) is 13.0. The van der Waals surface area contributed by atoms with E-state index in [4.69, 9.17) is 15.2 Å². The number of anilines is 1. The first kappa shape index (κ1) is 26.1. The Labute approximate surface area is 203 Å². The molecule has 0 radical (unpaired) electrons. The molecular formula is C25H31F2N5O3. The number of nitrogens with one attached hydrogen (secondary N) is 1. The number of amides is 2. The van der Waals surface area contributed by atoms with Gasteiger partial charge in [0.1, 0.15) is 5.82 Å². The smallest absolute Gasteiger partial charge is 0.317 e. The first-order chi connectivity index (χ1) is 16.8. The van der Waals surface area contributed by atoms with Gasteiger partial charge in [-0.2, -0.15) is 0 Å². The summed E-state index contributed by atoms with van der Waals surface area (Å²) in [7, 11) is 3.21. The summed E-state index contributed by atoms with van der Waals surface area (Å²) in [4.78, 5) is 13.3. The second-order valence-electron chi connectivity index (χ2n) is 8.17. The highest BCUT2D eigenvalue weighted by atomic mass is 19.2. The molecule has 4 rings (SSSR count). The fourth-order valence-electron chi connectivity index (χ4n) is 3.98. The van der Waals surface area contributed by atoms with E-state index in [9.17, 15) is 13.6 Å². The van der Waals surface area contributed by atoms with E-state index < -0.39 is 17.7 Å². The van der Waals surface area contributed by atoms with Crippen LogP contribution in [0.5, 0.6) is 5.88 Å². The number of rotatable bonds is 7. The maximum atomic E-state index is 13.1. The van der Waals surface area contributed by atoms with Crippen LogP contribution in [0, 0.1) is 18.6 Å². The Morgan fingerprint density at radius 3 is 2.54 bits per heavy atom. The molecule has 1 aliphatic heterocycles. The van der Waals surface area contributed by atoms with Gasteiger partial charge in [-0.15, -0.1) is 5.10 Å². The fraction of sp³-hybridized carbons (Fsp3) is 0.360. The van der Waals surface area contributed by atoms with Gasteiger partial charge < -0.3 is 20.1 Å². The predicted octanol–water partition coefficient (Wildman–Crippen LogP) is 4.08. The minimum Gasteiger partial charge on any atom is -0.480 e. The van der Waals surface area contributed by atoms with E-state index in [0.717, 1.165) is 42.9 Å². The van der Waals surface area contributed by atoms with Gasteiger partial charge in [0.2, 0.25) is 5.88 Å². The Morgan fingerprint density at radius 1 is 1.17 bits per heavy atom. The molecular weight excluding hydrogens is 456 g/mol. The van der Waals surface area contributed by atoms with Crippen molar-refractivity contribution >= 4 is 11.8 Å². The molecule has 188 valence electrons. The average Bonchev–Trinajstić information content (AvgIpc) is 3.45. The fourth-order valence-corrected chi connectivity index (χ4v) is 3.98. The highest BCUT2D eigenvalue weighted by Crippen LogP contribution is 2.28. The van der Waals surface area contributed by atoms with E-state index in [0.29, 0.717) is 24.2 Å². The lowest BCUT2D eigenvalue weighted by Crippen LogP contribution is -2.24. The molecule has 10 heteroatoms. The molecule has 0 saturated carbocycles. The molecule has 1 saturated heterocycles. The van der Waals surface area contributed by atoms with Crippen LogP contribution in [0.4, 0.5) is 19.4 Å². The Kier molecular flexibility index (Phi) is 9.16. The molecule has 8 nitrogen and oxygen atoms in total. The Balaban J connectivity index is 0.000000196. The summed E-state index contributed by atoms with van der Waals surface area (Å²) in [5.74, 6) is -0.268. The third kappa shape index (κ3) is 6.77. The number of carbonyl (C=O) groups excluding carboxylic acids is 1. The van der Waals surface area contributed by atoms with Crippen LogP contribution in [0.3, 0.4) is 0 Å². The van der Waals surface area contributed by atoms with Gasteiger partial charge >= 0.3 is 6.03 Å². The quantitative estimate of drug-likeness (QED) is 0.524. The van der Waals surface area contributed by atoms with Crippen molar-refractivity contribution in [1.82, 2.24) is 14.7 Å². The third-order valence-corrected chi connectivity index (χ3v) is 5.81. The number of primary amides is 1. The molecule has 1 unspecified atom stereocenters. The molecule has 3 aromatic rings. The average molecular weight is 488 g/mol. The van der Waals surface area contributed by atoms with Crippen molar-refractivity contribution in [2.45, 2.75) is 19.3 Å². The number of para-hydroxylation sites is 1. The highest BCUT2D eigenvalue weighted by Gasteiger charge is 2.24. The second kappa shape index (κ2) is 12.3. The summed E-state index contributed by atoms with van der Waals surface area (Å²) >= 11 is 0. The van der Waals surface area contributed by atoms with E-state index in [1.165, 1.54) is 19.2 Å². The van der Waals surface area contributed by atoms with Gasteiger partial charge in [0.15, 0.2) is 11.6 Å². The number of carbonyl (C=O) groups is 1. The number of hydrogen-bond donors (Lipinski definition) is 2. The molecule has 2 aromatic carbocycles. The maximum Gasteiger partial charge on any atom is 0.317 e. The zero-order valence-electron chi connectivity index (χ0n) is 20.1. The van der Waals surface area contributed by atoms with Crippen molar-refractivity contribution in [3.8, 4) is 11.6 Å². The largest absolute Gasteiger partial charge is 0.480 e. The van der Waals surface area contributed by atoms with Crippen LogP contribution in [-0.4, -0.2) is 61.2 Å². The lowest BCUT2D eigenvalue weighted by molar-refractivity contribution is 0.160. The molecule has 1 aromatic heterocycles. The van der Waals surface area contributed by atoms with Gasteiger partial charge in [-0.25, -0.2) is 18.3 Å². The summed E-state index contributed by atoms with van der Waals surface area (Å²) in [6.07, 6.45) is 0.995. The number of nitrogens with zero attached hydrogens (tertiary/aromatic N) is 3. The standard InChI is InChI=1S/C13H17F2NO.C12H14N4O2/c1-17-7-6-16-5-4-11(9-16)10-2-3-12(14)13(15)8-10;1-8-10(14-12(13)17)16(15-11(8)18-2)9-6-4-3-5-7-9/h2-3,8,11H,4-7,9H2,1H3;3-7H,1-2H3,(H3,13,14,17). The van der Waals surface area contributed by atoms with Crippen LogP contribution in [-0.2, 0) is 4.74 Å². The summed E-state index contributed by atoms with van der Waals surface area (Å²) in [5.41, 5.74) is 7.59. The lowest BCUT2D eigenvalue weighted by Gasteiger charge is -2.15. The topological polar surface area (TPSA) is 94.6 Å². The van der Waals surface area contributed by atoms with E-state index in [1.54, 1.807) is 24.8 Å². The summed E-state index contributed by atoms with van der Waals surface area (Å²) < 4.78 is 37.7. The normalized spacial score (nSPS) is 15.4. The van der Waals surface area contributed by atoms with Gasteiger partial charge in [-0.3, -0.25) is 5.32 Å². The van der Waals surface area contributed by atoms with E-state index >= 15 is 0 Å². The van der Waals surface area contributed by atoms with E-state index in [2.05, 4.69) is 15.3 Å². The Morgan fingerprint density at radius 2 is 1.91 bits per heavy atom. The van der Waals surface area contributed by atoms with Crippen LogP contribution in [0.15, 0.2) is 48.5 Å². The number of halogens is 2. The number of urea groups is 1. The van der Waals surface area contributed by atoms with Crippen LogP contribution in [0.2, 0.25) is 0 Å². The summed E-state index contributed by atoms with van der Waals surface area (Å²) in [5, 5.41) is 6.83. The van der Waals surface area contributed by atoms with Gasteiger partial charge in [0.25, 0.3) is 0 Å². The molecule has 2 amide bonds. The van der Waals surface area contributed by atoms with E-state index in [-0.39, 0.29) is 0 Å². The predicted molar refractivity (Wildman–Crippen MR) is 130 cm³/mol. The van der Waals surface area contributed by atoms with Crippen LogP contribution in [0.1, 0.15) is 23.5 Å². The molecule has 1 atom stereocenters. The molecule has 1 fully saturated rings. The number of likely N-dealkylation sites (tertiary alicyclic amines) is 1. The summed E-state index contributed by atoms with van der Waals surface area (Å²) in [6.45, 7) is 5.30. The van der Waals surface area contributed by atoms with Crippen molar-refractivity contribution in [1.29, 1.82) is 0 Å². The highest BCUT2D eigenvalue weighted by molar-refractivity contribution is 5.88. The second-order valence-corrected chi connectivity index (χ2v) is 8.17. The Hall–Kier alpha value is -3.50. The van der Waals surface area contributed by atoms with Crippen LogP contribution in [0.25, 0.3) is 5.69 Å². The van der Waals surface area contributed by atoms with Gasteiger partial charge in [0.05, 0.1) is 25.0 Å². The minimum atomic E-state index is -0.775. The SMILES string of the molecule is COCCN1CCC(c2ccc(F)c(F)c2)C1.COc1nn(-c2ccccc2)c(NC(N)=O)c1C. The number of benzene rings is 2. The zero-order valence-corrected chi connectivity index (χ0v) is 20.1. The number of methoxy groups -OCH3 is 2. The van der Waals surface area contributed by atoms with Crippen LogP contribution < -0.4 is 15.8 Å². The lowest BCUT2D eigenvalue weighted by atomic mass is 9.98. The molecule has 2 heterocycles. The molecule has 0 aliphatic carbocycles. The van der Waals surface area contributed by atoms with Crippen molar-refractivity contribution < 1.29 is 23.0 Å². The molecule has 0 bridgehead atoms. The van der Waals surface area contributed by atoms with Gasteiger partial charge in [-0.1, -0.05) is 24.3 Å². The van der Waals surface area contributed by atoms with Gasteiger partial charge in [0, 0.05) is 20.2 Å². The van der Waals surface area contributed by atoms with Crippen molar-refractivity contribution in [3.63, 3.8) is 0 Å². The van der Waals surface area contributed by atoms with Crippen molar-refractivity contribution in [2.24, 2.45) is 5.73 Å². The molecule has 3 N–H and O–H groups in total. The monoisotopic (exact) mass is 487 g/mol. The molecule has 1 aliphatic rings.